The summed E-state index contributed by atoms with van der Waals surface area (Å²) in [5.74, 6) is -0.553. The molecule has 0 bridgehead atoms. The molecule has 1 aromatic carbocycles. The fourth-order valence-electron chi connectivity index (χ4n) is 1.40. The number of ether oxygens (including phenoxy) is 1. The predicted octanol–water partition coefficient (Wildman–Crippen LogP) is 1.54. The van der Waals surface area contributed by atoms with E-state index in [4.69, 9.17) is 0 Å². The zero-order valence-corrected chi connectivity index (χ0v) is 8.85. The van der Waals surface area contributed by atoms with Gasteiger partial charge >= 0.3 is 5.97 Å². The quantitative estimate of drug-likeness (QED) is 0.747. The number of benzene rings is 1. The number of hydrogen-bond donors (Lipinski definition) is 1. The van der Waals surface area contributed by atoms with Crippen LogP contribution >= 0.6 is 0 Å². The summed E-state index contributed by atoms with van der Waals surface area (Å²) in [4.78, 5) is 10.9. The molecule has 1 atom stereocenters. The number of carbonyl (C=O) groups is 1. The minimum Gasteiger partial charge on any atom is -0.467 e. The van der Waals surface area contributed by atoms with Gasteiger partial charge in [0, 0.05) is 0 Å². The summed E-state index contributed by atoms with van der Waals surface area (Å²) in [5, 5.41) is 9.32. The van der Waals surface area contributed by atoms with Gasteiger partial charge in [0.05, 0.1) is 7.11 Å². The van der Waals surface area contributed by atoms with E-state index in [9.17, 15) is 9.90 Å². The number of aliphatic hydroxyl groups excluding tert-OH is 1. The Morgan fingerprint density at radius 2 is 2.07 bits per heavy atom. The van der Waals surface area contributed by atoms with Crippen LogP contribution in [0.2, 0.25) is 0 Å². The number of carbonyl (C=O) groups excluding carboxylic acids is 1. The molecular formula is C12H16O3. The highest BCUT2D eigenvalue weighted by atomic mass is 16.5. The van der Waals surface area contributed by atoms with Crippen molar-refractivity contribution in [2.24, 2.45) is 0 Å². The molecule has 1 aromatic rings. The average molecular weight is 208 g/mol. The van der Waals surface area contributed by atoms with Crippen LogP contribution in [0.15, 0.2) is 30.3 Å². The molecule has 15 heavy (non-hydrogen) atoms. The molecule has 0 radical (unpaired) electrons. The average Bonchev–Trinajstić information content (AvgIpc) is 2.29. The third kappa shape index (κ3) is 4.13. The predicted molar refractivity (Wildman–Crippen MR) is 57.4 cm³/mol. The summed E-state index contributed by atoms with van der Waals surface area (Å²) in [7, 11) is 1.28. The summed E-state index contributed by atoms with van der Waals surface area (Å²) >= 11 is 0. The largest absolute Gasteiger partial charge is 0.467 e. The molecule has 3 nitrogen and oxygen atoms in total. The maximum Gasteiger partial charge on any atom is 0.334 e. The summed E-state index contributed by atoms with van der Waals surface area (Å²) < 4.78 is 4.43. The van der Waals surface area contributed by atoms with E-state index < -0.39 is 12.1 Å². The van der Waals surface area contributed by atoms with E-state index in [1.807, 2.05) is 30.3 Å². The maximum atomic E-state index is 10.9. The Kier molecular flexibility index (Phi) is 4.84. The van der Waals surface area contributed by atoms with Crippen LogP contribution in [0.4, 0.5) is 0 Å². The number of aryl methyl sites for hydroxylation is 1. The molecule has 0 aliphatic carbocycles. The Bertz CT molecular complexity index is 295. The summed E-state index contributed by atoms with van der Waals surface area (Å²) in [6.45, 7) is 0. The smallest absolute Gasteiger partial charge is 0.334 e. The van der Waals surface area contributed by atoms with Crippen LogP contribution in [0.25, 0.3) is 0 Å². The molecule has 1 rings (SSSR count). The second kappa shape index (κ2) is 6.19. The van der Waals surface area contributed by atoms with E-state index in [1.165, 1.54) is 12.7 Å². The standard InChI is InChI=1S/C12H16O3/c1-15-12(14)11(13)9-5-8-10-6-3-2-4-7-10/h2-4,6-7,11,13H,5,8-9H2,1H3/t11-/m1/s1. The highest BCUT2D eigenvalue weighted by Gasteiger charge is 2.13. The topological polar surface area (TPSA) is 46.5 Å². The maximum absolute atomic E-state index is 10.9. The number of aliphatic hydroxyl groups is 1. The lowest BCUT2D eigenvalue weighted by molar-refractivity contribution is -0.150. The Morgan fingerprint density at radius 3 is 2.67 bits per heavy atom. The van der Waals surface area contributed by atoms with Crippen molar-refractivity contribution in [2.45, 2.75) is 25.4 Å². The SMILES string of the molecule is COC(=O)[C@H](O)CCCc1ccccc1. The van der Waals surface area contributed by atoms with Gasteiger partial charge in [-0.2, -0.15) is 0 Å². The van der Waals surface area contributed by atoms with Crippen LogP contribution in [0.1, 0.15) is 18.4 Å². The molecule has 0 aliphatic rings. The summed E-state index contributed by atoms with van der Waals surface area (Å²) in [6, 6.07) is 9.99. The van der Waals surface area contributed by atoms with Gasteiger partial charge in [0.25, 0.3) is 0 Å². The molecule has 3 heteroatoms. The van der Waals surface area contributed by atoms with Crippen LogP contribution in [-0.4, -0.2) is 24.3 Å². The Balaban J connectivity index is 2.25. The summed E-state index contributed by atoms with van der Waals surface area (Å²) in [6.07, 6.45) is 1.11. The molecule has 0 aromatic heterocycles. The first kappa shape index (κ1) is 11.7. The van der Waals surface area contributed by atoms with E-state index in [1.54, 1.807) is 0 Å². The van der Waals surface area contributed by atoms with E-state index in [0.717, 1.165) is 12.8 Å². The van der Waals surface area contributed by atoms with Crippen molar-refractivity contribution in [3.8, 4) is 0 Å². The molecule has 82 valence electrons. The van der Waals surface area contributed by atoms with Crippen molar-refractivity contribution in [1.82, 2.24) is 0 Å². The molecule has 0 saturated heterocycles. The molecule has 0 aliphatic heterocycles. The number of rotatable bonds is 5. The second-order valence-corrected chi connectivity index (χ2v) is 3.42. The Morgan fingerprint density at radius 1 is 1.40 bits per heavy atom. The molecule has 0 heterocycles. The van der Waals surface area contributed by atoms with Gasteiger partial charge in [0.1, 0.15) is 0 Å². The molecular weight excluding hydrogens is 192 g/mol. The van der Waals surface area contributed by atoms with Crippen molar-refractivity contribution in [3.63, 3.8) is 0 Å². The third-order valence-corrected chi connectivity index (χ3v) is 2.26. The molecule has 0 amide bonds. The number of methoxy groups -OCH3 is 1. The van der Waals surface area contributed by atoms with Crippen LogP contribution < -0.4 is 0 Å². The molecule has 1 N–H and O–H groups in total. The number of esters is 1. The van der Waals surface area contributed by atoms with Crippen LogP contribution in [0.3, 0.4) is 0 Å². The van der Waals surface area contributed by atoms with Gasteiger partial charge < -0.3 is 9.84 Å². The fourth-order valence-corrected chi connectivity index (χ4v) is 1.40. The highest BCUT2D eigenvalue weighted by molar-refractivity contribution is 5.74. The molecule has 0 unspecified atom stereocenters. The van der Waals surface area contributed by atoms with Gasteiger partial charge in [-0.3, -0.25) is 0 Å². The first-order valence-corrected chi connectivity index (χ1v) is 5.04. The second-order valence-electron chi connectivity index (χ2n) is 3.42. The third-order valence-electron chi connectivity index (χ3n) is 2.26. The normalized spacial score (nSPS) is 12.1. The Hall–Kier alpha value is -1.35. The van der Waals surface area contributed by atoms with Gasteiger partial charge in [-0.25, -0.2) is 4.79 Å². The van der Waals surface area contributed by atoms with E-state index in [2.05, 4.69) is 4.74 Å². The minimum absolute atomic E-state index is 0.446. The van der Waals surface area contributed by atoms with E-state index >= 15 is 0 Å². The minimum atomic E-state index is -0.987. The van der Waals surface area contributed by atoms with Gasteiger partial charge in [0.2, 0.25) is 0 Å². The highest BCUT2D eigenvalue weighted by Crippen LogP contribution is 2.07. The van der Waals surface area contributed by atoms with Crippen LogP contribution in [0, 0.1) is 0 Å². The number of hydrogen-bond acceptors (Lipinski definition) is 3. The van der Waals surface area contributed by atoms with Gasteiger partial charge in [0.15, 0.2) is 6.10 Å². The molecule has 0 saturated carbocycles. The van der Waals surface area contributed by atoms with Crippen molar-refractivity contribution < 1.29 is 14.6 Å². The monoisotopic (exact) mass is 208 g/mol. The van der Waals surface area contributed by atoms with Crippen molar-refractivity contribution in [1.29, 1.82) is 0 Å². The fraction of sp³-hybridized carbons (Fsp3) is 0.417. The lowest BCUT2D eigenvalue weighted by Gasteiger charge is -2.07. The van der Waals surface area contributed by atoms with Crippen LogP contribution in [0.5, 0.6) is 0 Å². The first-order chi connectivity index (χ1) is 7.24. The van der Waals surface area contributed by atoms with Crippen molar-refractivity contribution in [2.75, 3.05) is 7.11 Å². The first-order valence-electron chi connectivity index (χ1n) is 5.04. The summed E-state index contributed by atoms with van der Waals surface area (Å²) in [5.41, 5.74) is 1.22. The van der Waals surface area contributed by atoms with E-state index in [0.29, 0.717) is 6.42 Å². The zero-order valence-electron chi connectivity index (χ0n) is 8.85. The van der Waals surface area contributed by atoms with Crippen molar-refractivity contribution in [3.05, 3.63) is 35.9 Å². The van der Waals surface area contributed by atoms with Crippen molar-refractivity contribution >= 4 is 5.97 Å². The molecule has 0 fully saturated rings. The molecule has 0 spiro atoms. The van der Waals surface area contributed by atoms with E-state index in [-0.39, 0.29) is 0 Å². The lowest BCUT2D eigenvalue weighted by atomic mass is 10.1. The van der Waals surface area contributed by atoms with Gasteiger partial charge in [-0.1, -0.05) is 30.3 Å². The van der Waals surface area contributed by atoms with Gasteiger partial charge in [-0.05, 0) is 24.8 Å². The van der Waals surface area contributed by atoms with Gasteiger partial charge in [-0.15, -0.1) is 0 Å². The van der Waals surface area contributed by atoms with Crippen LogP contribution in [-0.2, 0) is 16.0 Å². The lowest BCUT2D eigenvalue weighted by Crippen LogP contribution is -2.21. The zero-order chi connectivity index (χ0) is 11.1. The Labute approximate surface area is 89.7 Å².